The number of hydrogen-bond donors (Lipinski definition) is 1. The van der Waals surface area contributed by atoms with Crippen molar-refractivity contribution in [2.75, 3.05) is 11.9 Å². The van der Waals surface area contributed by atoms with E-state index in [1.165, 1.54) is 36.3 Å². The predicted octanol–water partition coefficient (Wildman–Crippen LogP) is 5.95. The van der Waals surface area contributed by atoms with E-state index in [9.17, 15) is 13.6 Å². The average molecular weight is 456 g/mol. The zero-order valence-electron chi connectivity index (χ0n) is 17.4. The van der Waals surface area contributed by atoms with Crippen LogP contribution in [0.25, 0.3) is 11.3 Å². The summed E-state index contributed by atoms with van der Waals surface area (Å²) in [6, 6.07) is 9.41. The van der Waals surface area contributed by atoms with E-state index in [2.05, 4.69) is 14.9 Å². The van der Waals surface area contributed by atoms with E-state index in [4.69, 9.17) is 4.74 Å². The van der Waals surface area contributed by atoms with E-state index < -0.39 is 11.6 Å². The van der Waals surface area contributed by atoms with Gasteiger partial charge in [0, 0.05) is 23.1 Å². The molecule has 0 saturated heterocycles. The lowest BCUT2D eigenvalue weighted by Gasteiger charge is -2.22. The molecule has 0 radical (unpaired) electrons. The second-order valence-corrected chi connectivity index (χ2v) is 9.01. The second-order valence-electron chi connectivity index (χ2n) is 8.17. The van der Waals surface area contributed by atoms with Crippen LogP contribution in [0.5, 0.6) is 5.75 Å². The Labute approximate surface area is 188 Å². The Morgan fingerprint density at radius 1 is 1.06 bits per heavy atom. The first kappa shape index (κ1) is 20.9. The van der Waals surface area contributed by atoms with E-state index in [1.54, 1.807) is 0 Å². The molecule has 8 heteroatoms. The summed E-state index contributed by atoms with van der Waals surface area (Å²) in [5.41, 5.74) is 2.65. The third-order valence-electron chi connectivity index (χ3n) is 5.97. The molecule has 1 aromatic heterocycles. The first-order chi connectivity index (χ1) is 15.6. The van der Waals surface area contributed by atoms with Gasteiger partial charge in [0.05, 0.1) is 11.4 Å². The number of nitrogens with one attached hydrogen (secondary N) is 1. The van der Waals surface area contributed by atoms with Crippen LogP contribution >= 0.6 is 11.3 Å². The monoisotopic (exact) mass is 455 g/mol. The molecule has 0 bridgehead atoms. The Balaban J connectivity index is 1.64. The Bertz CT molecular complexity index is 1230. The van der Waals surface area contributed by atoms with E-state index in [-0.39, 0.29) is 24.2 Å². The van der Waals surface area contributed by atoms with Crippen molar-refractivity contribution >= 4 is 28.6 Å². The van der Waals surface area contributed by atoms with Crippen molar-refractivity contribution in [1.29, 1.82) is 0 Å². The summed E-state index contributed by atoms with van der Waals surface area (Å²) in [5.74, 6) is -0.841. The van der Waals surface area contributed by atoms with Crippen molar-refractivity contribution in [2.24, 2.45) is 4.99 Å². The van der Waals surface area contributed by atoms with Gasteiger partial charge < -0.3 is 14.6 Å². The van der Waals surface area contributed by atoms with Gasteiger partial charge in [-0.05, 0) is 43.2 Å². The third-order valence-corrected chi connectivity index (χ3v) is 6.81. The molecule has 0 atom stereocenters. The number of rotatable bonds is 3. The van der Waals surface area contributed by atoms with Crippen LogP contribution in [0.3, 0.4) is 0 Å². The van der Waals surface area contributed by atoms with Crippen LogP contribution in [0.1, 0.15) is 44.6 Å². The maximum Gasteiger partial charge on any atom is 0.262 e. The molecule has 1 N–H and O–H groups in total. The first-order valence-corrected chi connectivity index (χ1v) is 11.7. The van der Waals surface area contributed by atoms with Crippen LogP contribution in [0.4, 0.5) is 20.2 Å². The number of anilines is 1. The summed E-state index contributed by atoms with van der Waals surface area (Å²) in [4.78, 5) is 17.0. The van der Waals surface area contributed by atoms with Crippen molar-refractivity contribution in [1.82, 2.24) is 4.57 Å². The number of amides is 1. The average Bonchev–Trinajstić information content (AvgIpc) is 3.00. The van der Waals surface area contributed by atoms with Gasteiger partial charge in [0.2, 0.25) is 0 Å². The second kappa shape index (κ2) is 8.86. The molecule has 1 amide bonds. The van der Waals surface area contributed by atoms with Crippen LogP contribution in [-0.4, -0.2) is 17.1 Å². The number of thiazole rings is 1. The number of benzene rings is 2. The predicted molar refractivity (Wildman–Crippen MR) is 120 cm³/mol. The molecule has 1 aliphatic heterocycles. The fraction of sp³-hybridized carbons (Fsp3) is 0.333. The molecule has 5 nitrogen and oxygen atoms in total. The summed E-state index contributed by atoms with van der Waals surface area (Å²) >= 11 is 1.43. The molecule has 2 aromatic carbocycles. The van der Waals surface area contributed by atoms with Gasteiger partial charge in [-0.2, -0.15) is 0 Å². The highest BCUT2D eigenvalue weighted by Gasteiger charge is 2.22. The fourth-order valence-corrected chi connectivity index (χ4v) is 5.38. The molecule has 1 aliphatic carbocycles. The van der Waals surface area contributed by atoms with Gasteiger partial charge in [-0.25, -0.2) is 13.8 Å². The third kappa shape index (κ3) is 4.19. The fourth-order valence-electron chi connectivity index (χ4n) is 4.40. The van der Waals surface area contributed by atoms with Crippen molar-refractivity contribution < 1.29 is 18.3 Å². The van der Waals surface area contributed by atoms with E-state index in [1.807, 2.05) is 23.6 Å². The minimum Gasteiger partial charge on any atom is -0.482 e. The highest BCUT2D eigenvalue weighted by Crippen LogP contribution is 2.36. The largest absolute Gasteiger partial charge is 0.482 e. The number of aromatic nitrogens is 1. The van der Waals surface area contributed by atoms with Crippen molar-refractivity contribution in [3.63, 3.8) is 0 Å². The smallest absolute Gasteiger partial charge is 0.262 e. The van der Waals surface area contributed by atoms with Gasteiger partial charge in [0.15, 0.2) is 17.2 Å². The summed E-state index contributed by atoms with van der Waals surface area (Å²) in [5, 5.41) is 4.87. The molecular weight excluding hydrogens is 432 g/mol. The van der Waals surface area contributed by atoms with Gasteiger partial charge in [0.1, 0.15) is 17.3 Å². The van der Waals surface area contributed by atoms with E-state index in [0.717, 1.165) is 43.0 Å². The lowest BCUT2D eigenvalue weighted by molar-refractivity contribution is -0.118. The molecule has 1 saturated carbocycles. The zero-order valence-corrected chi connectivity index (χ0v) is 18.3. The summed E-state index contributed by atoms with van der Waals surface area (Å²) in [7, 11) is 0. The number of carbonyl (C=O) groups is 1. The number of fused-ring (bicyclic) bond motifs is 1. The molecular formula is C24H23F2N3O2S. The lowest BCUT2D eigenvalue weighted by atomic mass is 10.1. The summed E-state index contributed by atoms with van der Waals surface area (Å²) in [6.45, 7) is 0.0130. The molecule has 0 spiro atoms. The molecule has 2 heterocycles. The quantitative estimate of drug-likeness (QED) is 0.496. The number of hydrogen-bond acceptors (Lipinski definition) is 4. The highest BCUT2D eigenvalue weighted by molar-refractivity contribution is 7.07. The number of halogens is 2. The Kier molecular flexibility index (Phi) is 5.78. The van der Waals surface area contributed by atoms with Crippen LogP contribution < -0.4 is 14.9 Å². The molecule has 166 valence electrons. The highest BCUT2D eigenvalue weighted by atomic mass is 32.1. The van der Waals surface area contributed by atoms with Crippen molar-refractivity contribution in [3.05, 3.63) is 58.2 Å². The van der Waals surface area contributed by atoms with Crippen molar-refractivity contribution in [3.8, 4) is 17.0 Å². The van der Waals surface area contributed by atoms with Crippen LogP contribution in [0.2, 0.25) is 0 Å². The van der Waals surface area contributed by atoms with Crippen LogP contribution in [0, 0.1) is 11.6 Å². The maximum atomic E-state index is 14.3. The van der Waals surface area contributed by atoms with Gasteiger partial charge in [-0.15, -0.1) is 11.3 Å². The molecule has 32 heavy (non-hydrogen) atoms. The van der Waals surface area contributed by atoms with E-state index in [0.29, 0.717) is 16.2 Å². The lowest BCUT2D eigenvalue weighted by Crippen LogP contribution is -2.25. The molecule has 2 aliphatic rings. The number of ether oxygens (including phenoxy) is 1. The van der Waals surface area contributed by atoms with Crippen LogP contribution in [-0.2, 0) is 4.79 Å². The Hall–Kier alpha value is -3.00. The zero-order chi connectivity index (χ0) is 22.1. The summed E-state index contributed by atoms with van der Waals surface area (Å²) in [6.07, 6.45) is 6.72. The van der Waals surface area contributed by atoms with Gasteiger partial charge >= 0.3 is 0 Å². The molecule has 5 rings (SSSR count). The Morgan fingerprint density at radius 3 is 2.66 bits per heavy atom. The SMILES string of the molecule is O=C1COc2ccc(-c3csc(=Nc4ccc(F)cc4F)n3C3CCCCCC3)cc2N1. The Morgan fingerprint density at radius 2 is 1.88 bits per heavy atom. The van der Waals surface area contributed by atoms with Crippen LogP contribution in [0.15, 0.2) is 46.8 Å². The minimum atomic E-state index is -0.680. The molecule has 1 fully saturated rings. The van der Waals surface area contributed by atoms with E-state index >= 15 is 0 Å². The van der Waals surface area contributed by atoms with Gasteiger partial charge in [-0.3, -0.25) is 4.79 Å². The number of nitrogens with zero attached hydrogens (tertiary/aromatic N) is 2. The van der Waals surface area contributed by atoms with Gasteiger partial charge in [-0.1, -0.05) is 25.7 Å². The first-order valence-electron chi connectivity index (χ1n) is 10.9. The standard InChI is InChI=1S/C24H23F2N3O2S/c25-16-8-9-19(18(26)12-16)28-24-29(17-5-3-1-2-4-6-17)21(14-32-24)15-7-10-22-20(11-15)27-23(30)13-31-22/h7-12,14,17H,1-6,13H2,(H,27,30). The molecule has 0 unspecified atom stereocenters. The van der Waals surface area contributed by atoms with Gasteiger partial charge in [0.25, 0.3) is 5.91 Å². The summed E-state index contributed by atoms with van der Waals surface area (Å²) < 4.78 is 35.4. The van der Waals surface area contributed by atoms with Crippen molar-refractivity contribution in [2.45, 2.75) is 44.6 Å². The normalized spacial score (nSPS) is 17.4. The molecule has 3 aromatic rings. The maximum absolute atomic E-state index is 14.3. The number of carbonyl (C=O) groups excluding carboxylic acids is 1. The topological polar surface area (TPSA) is 55.6 Å². The minimum absolute atomic E-state index is 0.0130.